The third-order valence-electron chi connectivity index (χ3n) is 4.64. The molecule has 5 nitrogen and oxygen atoms in total. The van der Waals surface area contributed by atoms with Crippen molar-refractivity contribution in [2.24, 2.45) is 0 Å². The van der Waals surface area contributed by atoms with Gasteiger partial charge >= 0.3 is 0 Å². The number of aromatic nitrogens is 1. The molecule has 1 N–H and O–H groups in total. The number of oxazole rings is 1. The second kappa shape index (κ2) is 9.09. The van der Waals surface area contributed by atoms with Gasteiger partial charge in [0.2, 0.25) is 5.89 Å². The largest absolute Gasteiger partial charge is 0.492 e. The van der Waals surface area contributed by atoms with Crippen LogP contribution >= 0.6 is 0 Å². The number of ether oxygens (including phenoxy) is 1. The lowest BCUT2D eigenvalue weighted by molar-refractivity contribution is 0.0947. The molecule has 0 spiro atoms. The highest BCUT2D eigenvalue weighted by Crippen LogP contribution is 2.28. The average molecular weight is 398 g/mol. The summed E-state index contributed by atoms with van der Waals surface area (Å²) < 4.78 is 11.6. The van der Waals surface area contributed by atoms with Gasteiger partial charge in [-0.2, -0.15) is 0 Å². The average Bonchev–Trinajstić information content (AvgIpc) is 3.29. The zero-order valence-electron chi connectivity index (χ0n) is 16.7. The van der Waals surface area contributed by atoms with Gasteiger partial charge in [0.1, 0.15) is 12.4 Å². The van der Waals surface area contributed by atoms with E-state index in [9.17, 15) is 4.79 Å². The summed E-state index contributed by atoms with van der Waals surface area (Å²) in [5.41, 5.74) is 3.27. The number of nitrogens with zero attached hydrogens (tertiary/aromatic N) is 1. The number of hydrogen-bond donors (Lipinski definition) is 1. The van der Waals surface area contributed by atoms with E-state index in [2.05, 4.69) is 10.3 Å². The van der Waals surface area contributed by atoms with Crippen molar-refractivity contribution < 1.29 is 13.9 Å². The Labute approximate surface area is 175 Å². The first-order chi connectivity index (χ1) is 14.7. The molecule has 3 aromatic carbocycles. The van der Waals surface area contributed by atoms with Crippen LogP contribution in [-0.2, 0) is 0 Å². The normalized spacial score (nSPS) is 10.6. The summed E-state index contributed by atoms with van der Waals surface area (Å²) in [5.74, 6) is 1.66. The number of hydrogen-bond acceptors (Lipinski definition) is 4. The maximum absolute atomic E-state index is 12.7. The molecule has 30 heavy (non-hydrogen) atoms. The van der Waals surface area contributed by atoms with E-state index in [4.69, 9.17) is 9.15 Å². The van der Waals surface area contributed by atoms with Crippen molar-refractivity contribution in [2.45, 2.75) is 6.92 Å². The molecule has 1 heterocycles. The fourth-order valence-corrected chi connectivity index (χ4v) is 3.07. The maximum atomic E-state index is 12.7. The van der Waals surface area contributed by atoms with Crippen LogP contribution in [-0.4, -0.2) is 24.0 Å². The summed E-state index contributed by atoms with van der Waals surface area (Å²) in [6.07, 6.45) is 1.68. The van der Waals surface area contributed by atoms with Gasteiger partial charge in [-0.25, -0.2) is 4.98 Å². The molecule has 150 valence electrons. The molecule has 0 bridgehead atoms. The lowest BCUT2D eigenvalue weighted by Gasteiger charge is -2.10. The van der Waals surface area contributed by atoms with Gasteiger partial charge in [0.25, 0.3) is 5.91 Å². The van der Waals surface area contributed by atoms with Crippen molar-refractivity contribution in [3.8, 4) is 28.5 Å². The topological polar surface area (TPSA) is 64.4 Å². The number of amides is 1. The Balaban J connectivity index is 1.42. The van der Waals surface area contributed by atoms with Crippen LogP contribution in [0.3, 0.4) is 0 Å². The molecule has 0 atom stereocenters. The predicted octanol–water partition coefficient (Wildman–Crippen LogP) is 5.13. The summed E-state index contributed by atoms with van der Waals surface area (Å²) in [5, 5.41) is 2.90. The molecule has 0 aliphatic rings. The number of carbonyl (C=O) groups is 1. The predicted molar refractivity (Wildman–Crippen MR) is 116 cm³/mol. The van der Waals surface area contributed by atoms with E-state index in [0.29, 0.717) is 35.9 Å². The van der Waals surface area contributed by atoms with Gasteiger partial charge in [0.15, 0.2) is 5.76 Å². The van der Waals surface area contributed by atoms with Crippen LogP contribution in [0.15, 0.2) is 89.5 Å². The molecule has 0 unspecified atom stereocenters. The van der Waals surface area contributed by atoms with Crippen molar-refractivity contribution in [2.75, 3.05) is 13.2 Å². The highest BCUT2D eigenvalue weighted by molar-refractivity contribution is 6.00. The Hall–Kier alpha value is -3.86. The highest BCUT2D eigenvalue weighted by atomic mass is 16.5. The van der Waals surface area contributed by atoms with E-state index in [1.54, 1.807) is 12.3 Å². The SMILES string of the molecule is Cc1ccc(OCCNC(=O)c2ccccc2-c2ncc(-c3ccccc3)o2)cc1. The van der Waals surface area contributed by atoms with E-state index in [-0.39, 0.29) is 5.91 Å². The summed E-state index contributed by atoms with van der Waals surface area (Å²) in [7, 11) is 0. The zero-order chi connectivity index (χ0) is 20.8. The summed E-state index contributed by atoms with van der Waals surface area (Å²) >= 11 is 0. The minimum Gasteiger partial charge on any atom is -0.492 e. The Morgan fingerprint density at radius 2 is 1.70 bits per heavy atom. The lowest BCUT2D eigenvalue weighted by Crippen LogP contribution is -2.28. The van der Waals surface area contributed by atoms with Crippen molar-refractivity contribution in [3.05, 3.63) is 96.2 Å². The van der Waals surface area contributed by atoms with Gasteiger partial charge in [-0.15, -0.1) is 0 Å². The Morgan fingerprint density at radius 3 is 2.50 bits per heavy atom. The molecule has 4 aromatic rings. The molecule has 0 saturated heterocycles. The molecule has 5 heteroatoms. The third kappa shape index (κ3) is 4.58. The van der Waals surface area contributed by atoms with Gasteiger partial charge in [0, 0.05) is 11.1 Å². The quantitative estimate of drug-likeness (QED) is 0.439. The second-order valence-corrected chi connectivity index (χ2v) is 6.86. The maximum Gasteiger partial charge on any atom is 0.252 e. The van der Waals surface area contributed by atoms with E-state index < -0.39 is 0 Å². The molecule has 1 amide bonds. The first kappa shape index (κ1) is 19.5. The van der Waals surface area contributed by atoms with Crippen molar-refractivity contribution in [3.63, 3.8) is 0 Å². The second-order valence-electron chi connectivity index (χ2n) is 6.86. The number of nitrogens with one attached hydrogen (secondary N) is 1. The number of rotatable bonds is 7. The zero-order valence-corrected chi connectivity index (χ0v) is 16.7. The van der Waals surface area contributed by atoms with Gasteiger partial charge in [-0.1, -0.05) is 60.2 Å². The smallest absolute Gasteiger partial charge is 0.252 e. The van der Waals surface area contributed by atoms with Crippen molar-refractivity contribution >= 4 is 5.91 Å². The molecule has 0 fully saturated rings. The first-order valence-electron chi connectivity index (χ1n) is 9.79. The van der Waals surface area contributed by atoms with Crippen LogP contribution in [0.1, 0.15) is 15.9 Å². The van der Waals surface area contributed by atoms with Crippen LogP contribution in [0.2, 0.25) is 0 Å². The van der Waals surface area contributed by atoms with Gasteiger partial charge in [-0.3, -0.25) is 4.79 Å². The van der Waals surface area contributed by atoms with Crippen molar-refractivity contribution in [1.82, 2.24) is 10.3 Å². The third-order valence-corrected chi connectivity index (χ3v) is 4.64. The minimum absolute atomic E-state index is 0.197. The molecule has 0 radical (unpaired) electrons. The molecular formula is C25H22N2O3. The first-order valence-corrected chi connectivity index (χ1v) is 9.79. The van der Waals surface area contributed by atoms with Crippen LogP contribution in [0.25, 0.3) is 22.8 Å². The van der Waals surface area contributed by atoms with Crippen LogP contribution in [0, 0.1) is 6.92 Å². The van der Waals surface area contributed by atoms with E-state index >= 15 is 0 Å². The Kier molecular flexibility index (Phi) is 5.90. The minimum atomic E-state index is -0.197. The van der Waals surface area contributed by atoms with Crippen LogP contribution in [0.5, 0.6) is 5.75 Å². The monoisotopic (exact) mass is 398 g/mol. The number of aryl methyl sites for hydroxylation is 1. The molecule has 0 aliphatic heterocycles. The van der Waals surface area contributed by atoms with Crippen LogP contribution in [0.4, 0.5) is 0 Å². The lowest BCUT2D eigenvalue weighted by atomic mass is 10.1. The number of benzene rings is 3. The highest BCUT2D eigenvalue weighted by Gasteiger charge is 2.16. The fourth-order valence-electron chi connectivity index (χ4n) is 3.07. The van der Waals surface area contributed by atoms with E-state index in [1.807, 2.05) is 79.7 Å². The fraction of sp³-hybridized carbons (Fsp3) is 0.120. The number of carbonyl (C=O) groups excluding carboxylic acids is 1. The summed E-state index contributed by atoms with van der Waals surface area (Å²) in [4.78, 5) is 17.1. The van der Waals surface area contributed by atoms with Gasteiger partial charge < -0.3 is 14.5 Å². The van der Waals surface area contributed by atoms with E-state index in [1.165, 1.54) is 5.56 Å². The molecule has 4 rings (SSSR count). The van der Waals surface area contributed by atoms with Gasteiger partial charge in [0.05, 0.1) is 18.3 Å². The molecule has 0 saturated carbocycles. The molecule has 0 aliphatic carbocycles. The molecular weight excluding hydrogens is 376 g/mol. The van der Waals surface area contributed by atoms with E-state index in [0.717, 1.165) is 11.3 Å². The van der Waals surface area contributed by atoms with Gasteiger partial charge in [-0.05, 0) is 31.2 Å². The molecule has 1 aromatic heterocycles. The summed E-state index contributed by atoms with van der Waals surface area (Å²) in [6, 6.07) is 24.8. The van der Waals surface area contributed by atoms with Crippen molar-refractivity contribution in [1.29, 1.82) is 0 Å². The summed E-state index contributed by atoms with van der Waals surface area (Å²) in [6.45, 7) is 2.80. The Morgan fingerprint density at radius 1 is 0.967 bits per heavy atom. The van der Waals surface area contributed by atoms with Crippen LogP contribution < -0.4 is 10.1 Å². The Bertz CT molecular complexity index is 1120. The standard InChI is InChI=1S/C25H22N2O3/c1-18-11-13-20(14-12-18)29-16-15-26-24(28)21-9-5-6-10-22(21)25-27-17-23(30-25)19-7-3-2-4-8-19/h2-14,17H,15-16H2,1H3,(H,26,28).